The average Bonchev–Trinajstić information content (AvgIpc) is 3.58. The van der Waals surface area contributed by atoms with Crippen LogP contribution in [0.15, 0.2) is 30.6 Å². The number of carbonyl (C=O) groups is 3. The second kappa shape index (κ2) is 9.08. The van der Waals surface area contributed by atoms with Crippen molar-refractivity contribution in [2.45, 2.75) is 51.0 Å². The van der Waals surface area contributed by atoms with E-state index in [1.165, 1.54) is 11.3 Å². The molecule has 0 unspecified atom stereocenters. The number of imide groups is 1. The molecule has 3 aromatic rings. The number of ether oxygens (including phenoxy) is 1. The Bertz CT molecular complexity index is 1560. The van der Waals surface area contributed by atoms with Crippen molar-refractivity contribution in [3.8, 4) is 16.9 Å². The van der Waals surface area contributed by atoms with Gasteiger partial charge in [0.2, 0.25) is 5.91 Å². The van der Waals surface area contributed by atoms with E-state index < -0.39 is 48.8 Å². The molecule has 13 heteroatoms. The highest BCUT2D eigenvalue weighted by Gasteiger charge is 2.56. The minimum absolute atomic E-state index is 0.286. The molecule has 0 saturated carbocycles. The van der Waals surface area contributed by atoms with Crippen molar-refractivity contribution in [3.63, 3.8) is 0 Å². The summed E-state index contributed by atoms with van der Waals surface area (Å²) in [7, 11) is 1.81. The third kappa shape index (κ3) is 4.05. The zero-order chi connectivity index (χ0) is 28.6. The van der Waals surface area contributed by atoms with Crippen molar-refractivity contribution in [2.75, 3.05) is 13.2 Å². The number of rotatable bonds is 3. The van der Waals surface area contributed by atoms with Gasteiger partial charge in [0.1, 0.15) is 24.4 Å². The molecule has 1 N–H and O–H groups in total. The lowest BCUT2D eigenvalue weighted by atomic mass is 9.90. The summed E-state index contributed by atoms with van der Waals surface area (Å²) in [4.78, 5) is 42.9. The largest absolute Gasteiger partial charge is 0.490 e. The number of alkyl halides is 3. The molecule has 4 heterocycles. The molecule has 1 spiro atoms. The third-order valence-electron chi connectivity index (χ3n) is 8.01. The fourth-order valence-corrected chi connectivity index (χ4v) is 6.91. The molecule has 0 bridgehead atoms. The first-order chi connectivity index (χ1) is 18.9. The van der Waals surface area contributed by atoms with Crippen molar-refractivity contribution < 1.29 is 32.3 Å². The predicted octanol–water partition coefficient (Wildman–Crippen LogP) is 3.81. The number of carbonyl (C=O) groups excluding carboxylic acids is 3. The van der Waals surface area contributed by atoms with E-state index in [0.717, 1.165) is 32.0 Å². The molecule has 1 fully saturated rings. The second-order valence-electron chi connectivity index (χ2n) is 10.4. The molecule has 1 aromatic carbocycles. The predicted molar refractivity (Wildman–Crippen MR) is 139 cm³/mol. The summed E-state index contributed by atoms with van der Waals surface area (Å²) in [6.45, 7) is 1.69. The van der Waals surface area contributed by atoms with Crippen LogP contribution in [0.3, 0.4) is 0 Å². The highest BCUT2D eigenvalue weighted by molar-refractivity contribution is 7.12. The zero-order valence-corrected chi connectivity index (χ0v) is 22.8. The summed E-state index contributed by atoms with van der Waals surface area (Å²) in [6, 6.07) is 2.54. The topological polar surface area (TPSA) is 96.8 Å². The quantitative estimate of drug-likeness (QED) is 0.481. The van der Waals surface area contributed by atoms with Gasteiger partial charge in [0.25, 0.3) is 5.91 Å². The van der Waals surface area contributed by atoms with E-state index in [4.69, 9.17) is 4.74 Å². The number of fused-ring (bicyclic) bond motifs is 3. The lowest BCUT2D eigenvalue weighted by Gasteiger charge is -2.31. The number of hydrogen-bond donors (Lipinski definition) is 1. The van der Waals surface area contributed by atoms with E-state index in [9.17, 15) is 27.6 Å². The van der Waals surface area contributed by atoms with Crippen LogP contribution in [0.5, 0.6) is 5.75 Å². The number of hydrogen-bond acceptors (Lipinski definition) is 6. The molecule has 3 aliphatic rings. The SMILES string of the molecule is Cc1sc2c(c1C)OC[C@@H](C(F)(F)F)N(C(=O)CN1C(=O)N[C@]3(CCc4cc(-c5cnn(C)c5)ccc43)C1=O)C2. The first-order valence-corrected chi connectivity index (χ1v) is 13.5. The summed E-state index contributed by atoms with van der Waals surface area (Å²) in [5.74, 6) is -1.26. The fourth-order valence-electron chi connectivity index (χ4n) is 5.79. The summed E-state index contributed by atoms with van der Waals surface area (Å²) in [6.07, 6.45) is -0.370. The van der Waals surface area contributed by atoms with E-state index in [0.29, 0.717) is 27.5 Å². The van der Waals surface area contributed by atoms with Gasteiger partial charge in [-0.15, -0.1) is 11.3 Å². The lowest BCUT2D eigenvalue weighted by Crippen LogP contribution is -2.53. The molecule has 4 amide bonds. The number of nitrogens with zero attached hydrogens (tertiary/aromatic N) is 4. The fraction of sp³-hybridized carbons (Fsp3) is 0.407. The molecule has 2 aromatic heterocycles. The van der Waals surface area contributed by atoms with Gasteiger partial charge in [-0.3, -0.25) is 19.2 Å². The molecule has 0 radical (unpaired) electrons. The van der Waals surface area contributed by atoms with Crippen molar-refractivity contribution in [1.82, 2.24) is 24.9 Å². The maximum atomic E-state index is 14.0. The molecule has 9 nitrogen and oxygen atoms in total. The Morgan fingerprint density at radius 3 is 2.73 bits per heavy atom. The van der Waals surface area contributed by atoms with Gasteiger partial charge in [0.05, 0.1) is 17.6 Å². The highest BCUT2D eigenvalue weighted by atomic mass is 32.1. The molecular formula is C27H26F3N5O4S. The number of urea groups is 1. The van der Waals surface area contributed by atoms with Gasteiger partial charge < -0.3 is 15.0 Å². The number of amides is 4. The van der Waals surface area contributed by atoms with Crippen LogP contribution in [-0.2, 0) is 35.1 Å². The summed E-state index contributed by atoms with van der Waals surface area (Å²) < 4.78 is 49.3. The molecule has 1 aliphatic carbocycles. The maximum Gasteiger partial charge on any atom is 0.412 e. The molecule has 6 rings (SSSR count). The summed E-state index contributed by atoms with van der Waals surface area (Å²) in [5, 5.41) is 6.93. The molecule has 210 valence electrons. The molecule has 40 heavy (non-hydrogen) atoms. The van der Waals surface area contributed by atoms with Gasteiger partial charge >= 0.3 is 12.2 Å². The van der Waals surface area contributed by atoms with Crippen molar-refractivity contribution in [1.29, 1.82) is 0 Å². The van der Waals surface area contributed by atoms with Crippen LogP contribution in [0.2, 0.25) is 0 Å². The molecule has 2 aliphatic heterocycles. The maximum absolute atomic E-state index is 14.0. The Kier molecular flexibility index (Phi) is 5.98. The number of aromatic nitrogens is 2. The van der Waals surface area contributed by atoms with Crippen molar-refractivity contribution in [2.24, 2.45) is 7.05 Å². The molecular weight excluding hydrogens is 547 g/mol. The Morgan fingerprint density at radius 1 is 1.25 bits per heavy atom. The second-order valence-corrected chi connectivity index (χ2v) is 11.7. The number of thiophene rings is 1. The first-order valence-electron chi connectivity index (χ1n) is 12.7. The van der Waals surface area contributed by atoms with E-state index in [1.54, 1.807) is 23.9 Å². The number of halogens is 3. The number of nitrogens with one attached hydrogen (secondary N) is 1. The third-order valence-corrected chi connectivity index (χ3v) is 9.19. The van der Waals surface area contributed by atoms with E-state index in [1.807, 2.05) is 32.3 Å². The monoisotopic (exact) mass is 573 g/mol. The van der Waals surface area contributed by atoms with Gasteiger partial charge in [0, 0.05) is 29.2 Å². The minimum Gasteiger partial charge on any atom is -0.490 e. The van der Waals surface area contributed by atoms with E-state index in [2.05, 4.69) is 10.4 Å². The smallest absolute Gasteiger partial charge is 0.412 e. The normalized spacial score (nSPS) is 22.3. The van der Waals surface area contributed by atoms with Crippen LogP contribution < -0.4 is 10.1 Å². The van der Waals surface area contributed by atoms with Gasteiger partial charge in [-0.25, -0.2) is 4.79 Å². The summed E-state index contributed by atoms with van der Waals surface area (Å²) in [5.41, 5.74) is 2.69. The minimum atomic E-state index is -4.76. The lowest BCUT2D eigenvalue weighted by molar-refractivity contribution is -0.195. The molecule has 2 atom stereocenters. The molecule has 1 saturated heterocycles. The Balaban J connectivity index is 1.26. The van der Waals surface area contributed by atoms with Crippen LogP contribution in [0.4, 0.5) is 18.0 Å². The van der Waals surface area contributed by atoms with Gasteiger partial charge in [-0.1, -0.05) is 18.2 Å². The van der Waals surface area contributed by atoms with Crippen molar-refractivity contribution >= 4 is 29.2 Å². The summed E-state index contributed by atoms with van der Waals surface area (Å²) >= 11 is 1.26. The van der Waals surface area contributed by atoms with Crippen LogP contribution in [0, 0.1) is 13.8 Å². The number of benzene rings is 1. The van der Waals surface area contributed by atoms with Crippen molar-refractivity contribution in [3.05, 3.63) is 57.0 Å². The van der Waals surface area contributed by atoms with Gasteiger partial charge in [-0.05, 0) is 43.4 Å². The Morgan fingerprint density at radius 2 is 2.02 bits per heavy atom. The zero-order valence-electron chi connectivity index (χ0n) is 22.0. The van der Waals surface area contributed by atoms with Crippen LogP contribution >= 0.6 is 11.3 Å². The first kappa shape index (κ1) is 26.4. The van der Waals surface area contributed by atoms with Gasteiger partial charge in [-0.2, -0.15) is 18.3 Å². The van der Waals surface area contributed by atoms with Crippen LogP contribution in [0.25, 0.3) is 11.1 Å². The van der Waals surface area contributed by atoms with E-state index >= 15 is 0 Å². The average molecular weight is 574 g/mol. The standard InChI is InChI=1S/C27H26F3N5O4S/c1-14-15(2)40-20-11-34(21(27(28,29)30)13-39-23(14)20)22(36)12-35-24(37)26(32-25(35)38)7-6-17-8-16(4-5-19(17)26)18-9-31-33(3)10-18/h4-5,8-10,21H,6-7,11-13H2,1-3H3,(H,32,38)/t21-,26-/m0/s1. The Hall–Kier alpha value is -3.87. The highest BCUT2D eigenvalue weighted by Crippen LogP contribution is 2.43. The number of aryl methyl sites for hydroxylation is 3. The van der Waals surface area contributed by atoms with Crippen LogP contribution in [-0.4, -0.2) is 62.8 Å². The van der Waals surface area contributed by atoms with E-state index in [-0.39, 0.29) is 13.0 Å². The van der Waals surface area contributed by atoms with Crippen LogP contribution in [0.1, 0.15) is 32.9 Å². The van der Waals surface area contributed by atoms with Gasteiger partial charge in [0.15, 0.2) is 6.04 Å². The Labute approximate surface area is 231 Å².